The maximum atomic E-state index is 11.9. The molecular formula is C13H13N3O. The van der Waals surface area contributed by atoms with Crippen LogP contribution in [0.2, 0.25) is 0 Å². The maximum Gasteiger partial charge on any atom is 0.233 e. The zero-order chi connectivity index (χ0) is 11.8. The summed E-state index contributed by atoms with van der Waals surface area (Å²) in [6, 6.07) is 7.83. The van der Waals surface area contributed by atoms with Gasteiger partial charge in [-0.05, 0) is 18.9 Å². The molecule has 0 spiro atoms. The van der Waals surface area contributed by atoms with Crippen LogP contribution in [0.4, 0.5) is 0 Å². The van der Waals surface area contributed by atoms with Crippen LogP contribution in [0.15, 0.2) is 36.5 Å². The topological polar surface area (TPSA) is 57.8 Å². The summed E-state index contributed by atoms with van der Waals surface area (Å²) in [5.41, 5.74) is 2.61. The Morgan fingerprint density at radius 1 is 1.35 bits per heavy atom. The number of fused-ring (bicyclic) bond motifs is 1. The van der Waals surface area contributed by atoms with E-state index in [0.717, 1.165) is 35.1 Å². The molecule has 4 heteroatoms. The summed E-state index contributed by atoms with van der Waals surface area (Å²) in [5.74, 6) is -0.136. The van der Waals surface area contributed by atoms with Crippen molar-refractivity contribution in [2.24, 2.45) is 0 Å². The van der Waals surface area contributed by atoms with Crippen molar-refractivity contribution in [3.63, 3.8) is 0 Å². The molecule has 4 nitrogen and oxygen atoms in total. The Morgan fingerprint density at radius 3 is 3.00 bits per heavy atom. The lowest BCUT2D eigenvalue weighted by molar-refractivity contribution is -0.122. The first-order valence-electron chi connectivity index (χ1n) is 5.67. The van der Waals surface area contributed by atoms with Crippen LogP contribution in [0.25, 0.3) is 10.9 Å². The van der Waals surface area contributed by atoms with Crippen LogP contribution >= 0.6 is 0 Å². The largest absolute Gasteiger partial charge is 0.330 e. The lowest BCUT2D eigenvalue weighted by atomic mass is 9.92. The summed E-state index contributed by atoms with van der Waals surface area (Å²) < 4.78 is 0. The third-order valence-electron chi connectivity index (χ3n) is 3.19. The predicted octanol–water partition coefficient (Wildman–Crippen LogP) is 2.07. The van der Waals surface area contributed by atoms with Gasteiger partial charge in [-0.25, -0.2) is 0 Å². The molecule has 0 aliphatic carbocycles. The molecule has 2 N–H and O–H groups in total. The van der Waals surface area contributed by atoms with E-state index in [0.29, 0.717) is 0 Å². The van der Waals surface area contributed by atoms with Crippen molar-refractivity contribution in [1.29, 1.82) is 0 Å². The molecule has 17 heavy (non-hydrogen) atoms. The number of rotatable bonds is 1. The van der Waals surface area contributed by atoms with Crippen molar-refractivity contribution < 1.29 is 4.79 Å². The van der Waals surface area contributed by atoms with Crippen LogP contribution < -0.4 is 5.32 Å². The number of aromatic nitrogens is 2. The zero-order valence-corrected chi connectivity index (χ0v) is 9.36. The van der Waals surface area contributed by atoms with E-state index in [1.54, 1.807) is 0 Å². The average molecular weight is 227 g/mol. The first-order valence-corrected chi connectivity index (χ1v) is 5.67. The molecular weight excluding hydrogens is 214 g/mol. The number of allylic oxidation sites excluding steroid dienone is 1. The van der Waals surface area contributed by atoms with E-state index in [1.165, 1.54) is 0 Å². The standard InChI is InChI=1S/C13H13N3O/c1-8-6-7-10(13(17)14-8)12-9-4-2-3-5-11(9)15-16-12/h2-5,10H,1,6-7H2,(H,14,17)(H,15,16). The summed E-state index contributed by atoms with van der Waals surface area (Å²) in [4.78, 5) is 11.9. The minimum atomic E-state index is -0.145. The predicted molar refractivity (Wildman–Crippen MR) is 65.4 cm³/mol. The first-order chi connectivity index (χ1) is 8.25. The fourth-order valence-corrected chi connectivity index (χ4v) is 2.29. The molecule has 1 aromatic carbocycles. The second kappa shape index (κ2) is 3.73. The highest BCUT2D eigenvalue weighted by Crippen LogP contribution is 2.30. The lowest BCUT2D eigenvalue weighted by Crippen LogP contribution is -2.33. The van der Waals surface area contributed by atoms with Crippen LogP contribution in [-0.2, 0) is 4.79 Å². The van der Waals surface area contributed by atoms with Gasteiger partial charge in [0.25, 0.3) is 0 Å². The van der Waals surface area contributed by atoms with Crippen molar-refractivity contribution >= 4 is 16.8 Å². The van der Waals surface area contributed by atoms with Gasteiger partial charge in [-0.1, -0.05) is 24.8 Å². The summed E-state index contributed by atoms with van der Waals surface area (Å²) >= 11 is 0. The molecule has 0 bridgehead atoms. The molecule has 1 saturated heterocycles. The fraction of sp³-hybridized carbons (Fsp3) is 0.231. The molecule has 1 atom stereocenters. The van der Waals surface area contributed by atoms with Gasteiger partial charge in [0.15, 0.2) is 0 Å². The highest BCUT2D eigenvalue weighted by atomic mass is 16.2. The Balaban J connectivity index is 2.04. The second-order valence-corrected chi connectivity index (χ2v) is 4.34. The van der Waals surface area contributed by atoms with Gasteiger partial charge >= 0.3 is 0 Å². The highest BCUT2D eigenvalue weighted by Gasteiger charge is 2.28. The molecule has 2 heterocycles. The fourth-order valence-electron chi connectivity index (χ4n) is 2.29. The number of nitrogens with one attached hydrogen (secondary N) is 2. The number of piperidine rings is 1. The van der Waals surface area contributed by atoms with Gasteiger partial charge in [-0.2, -0.15) is 5.10 Å². The summed E-state index contributed by atoms with van der Waals surface area (Å²) in [6.07, 6.45) is 1.61. The molecule has 1 fully saturated rings. The Hall–Kier alpha value is -2.10. The molecule has 1 aromatic heterocycles. The van der Waals surface area contributed by atoms with Crippen molar-refractivity contribution in [3.05, 3.63) is 42.2 Å². The van der Waals surface area contributed by atoms with Crippen molar-refractivity contribution in [3.8, 4) is 0 Å². The van der Waals surface area contributed by atoms with Crippen LogP contribution in [0.1, 0.15) is 24.5 Å². The van der Waals surface area contributed by atoms with Crippen LogP contribution in [0, 0.1) is 0 Å². The molecule has 0 radical (unpaired) electrons. The number of hydrogen-bond acceptors (Lipinski definition) is 2. The van der Waals surface area contributed by atoms with Gasteiger partial charge in [0, 0.05) is 11.1 Å². The number of carbonyl (C=O) groups excluding carboxylic acids is 1. The summed E-state index contributed by atoms with van der Waals surface area (Å²) in [6.45, 7) is 3.78. The molecule has 1 unspecified atom stereocenters. The van der Waals surface area contributed by atoms with Crippen molar-refractivity contribution in [2.75, 3.05) is 0 Å². The molecule has 86 valence electrons. The Kier molecular flexibility index (Phi) is 2.21. The Labute approximate surface area is 98.7 Å². The number of hydrogen-bond donors (Lipinski definition) is 2. The molecule has 1 aliphatic heterocycles. The van der Waals surface area contributed by atoms with Gasteiger partial charge < -0.3 is 5.32 Å². The van der Waals surface area contributed by atoms with Gasteiger partial charge in [0.2, 0.25) is 5.91 Å². The number of amides is 1. The first kappa shape index (κ1) is 10.1. The number of carbonyl (C=O) groups is 1. The normalized spacial score (nSPS) is 20.6. The SMILES string of the molecule is C=C1CCC(c2[nH]nc3ccccc23)C(=O)N1. The number of H-pyrrole nitrogens is 1. The molecule has 1 aliphatic rings. The molecule has 0 saturated carbocycles. The van der Waals surface area contributed by atoms with Gasteiger partial charge in [0.1, 0.15) is 0 Å². The number of benzene rings is 1. The van der Waals surface area contributed by atoms with Crippen LogP contribution in [-0.4, -0.2) is 16.1 Å². The van der Waals surface area contributed by atoms with E-state index >= 15 is 0 Å². The van der Waals surface area contributed by atoms with Gasteiger partial charge in [-0.3, -0.25) is 9.89 Å². The minimum absolute atomic E-state index is 0.00986. The Morgan fingerprint density at radius 2 is 2.18 bits per heavy atom. The van der Waals surface area contributed by atoms with Crippen molar-refractivity contribution in [2.45, 2.75) is 18.8 Å². The summed E-state index contributed by atoms with van der Waals surface area (Å²) in [5, 5.41) is 11.0. The second-order valence-electron chi connectivity index (χ2n) is 4.34. The molecule has 3 rings (SSSR count). The van der Waals surface area contributed by atoms with E-state index in [1.807, 2.05) is 24.3 Å². The van der Waals surface area contributed by atoms with Gasteiger partial charge in [-0.15, -0.1) is 0 Å². The van der Waals surface area contributed by atoms with E-state index in [2.05, 4.69) is 22.1 Å². The van der Waals surface area contributed by atoms with Crippen LogP contribution in [0.3, 0.4) is 0 Å². The maximum absolute atomic E-state index is 11.9. The van der Waals surface area contributed by atoms with E-state index in [4.69, 9.17) is 0 Å². The Bertz CT molecular complexity index is 599. The van der Waals surface area contributed by atoms with Gasteiger partial charge in [0.05, 0.1) is 17.1 Å². The average Bonchev–Trinajstić information content (AvgIpc) is 2.73. The number of aromatic amines is 1. The third kappa shape index (κ3) is 1.62. The quantitative estimate of drug-likeness (QED) is 0.783. The third-order valence-corrected chi connectivity index (χ3v) is 3.19. The number of para-hydroxylation sites is 1. The van der Waals surface area contributed by atoms with E-state index in [-0.39, 0.29) is 11.8 Å². The van der Waals surface area contributed by atoms with Crippen LogP contribution in [0.5, 0.6) is 0 Å². The molecule has 1 amide bonds. The monoisotopic (exact) mass is 227 g/mol. The smallest absolute Gasteiger partial charge is 0.233 e. The zero-order valence-electron chi connectivity index (χ0n) is 9.36. The van der Waals surface area contributed by atoms with E-state index < -0.39 is 0 Å². The minimum Gasteiger partial charge on any atom is -0.330 e. The van der Waals surface area contributed by atoms with E-state index in [9.17, 15) is 4.79 Å². The van der Waals surface area contributed by atoms with Crippen molar-refractivity contribution in [1.82, 2.24) is 15.5 Å². The number of nitrogens with zero attached hydrogens (tertiary/aromatic N) is 1. The molecule has 2 aromatic rings. The summed E-state index contributed by atoms with van der Waals surface area (Å²) in [7, 11) is 0. The highest BCUT2D eigenvalue weighted by molar-refractivity contribution is 5.91. The lowest BCUT2D eigenvalue weighted by Gasteiger charge is -2.22.